The van der Waals surface area contributed by atoms with Crippen molar-refractivity contribution in [1.29, 1.82) is 5.26 Å². The minimum absolute atomic E-state index is 0.0136. The molecule has 0 saturated heterocycles. The summed E-state index contributed by atoms with van der Waals surface area (Å²) in [7, 11) is 2.98. The number of hydrogen-bond donors (Lipinski definition) is 0. The molecule has 0 heterocycles. The molecule has 6 nitrogen and oxygen atoms in total. The fourth-order valence-electron chi connectivity index (χ4n) is 1.33. The van der Waals surface area contributed by atoms with Crippen molar-refractivity contribution in [3.8, 4) is 17.6 Å². The molecule has 0 aliphatic carbocycles. The van der Waals surface area contributed by atoms with E-state index in [-0.39, 0.29) is 25.6 Å². The molecular weight excluding hydrogens is 306 g/mol. The molecule has 0 aliphatic rings. The molecule has 1 aromatic rings. The van der Waals surface area contributed by atoms with Crippen LogP contribution < -0.4 is 9.47 Å². The molecule has 20 heavy (non-hydrogen) atoms. The van der Waals surface area contributed by atoms with Crippen molar-refractivity contribution in [2.75, 3.05) is 32.7 Å². The maximum absolute atomic E-state index is 10.6. The predicted octanol–water partition coefficient (Wildman–Crippen LogP) is 1.53. The predicted molar refractivity (Wildman–Crippen MR) is 73.7 cm³/mol. The Morgan fingerprint density at radius 1 is 1.25 bits per heavy atom. The summed E-state index contributed by atoms with van der Waals surface area (Å²) in [6.07, 6.45) is 0. The van der Waals surface area contributed by atoms with Gasteiger partial charge < -0.3 is 14.2 Å². The van der Waals surface area contributed by atoms with E-state index in [1.807, 2.05) is 6.07 Å². The second kappa shape index (κ2) is 7.94. The third kappa shape index (κ3) is 6.10. The Hall–Kier alpha value is -1.49. The Labute approximate surface area is 122 Å². The van der Waals surface area contributed by atoms with E-state index < -0.39 is 9.05 Å². The van der Waals surface area contributed by atoms with Gasteiger partial charge in [0.15, 0.2) is 11.5 Å². The third-order valence-corrected chi connectivity index (χ3v) is 3.37. The van der Waals surface area contributed by atoms with Crippen LogP contribution in [0, 0.1) is 11.3 Å². The fraction of sp³-hybridized carbons (Fsp3) is 0.417. The van der Waals surface area contributed by atoms with Crippen LogP contribution in [-0.2, 0) is 13.8 Å². The van der Waals surface area contributed by atoms with Crippen LogP contribution in [-0.4, -0.2) is 41.1 Å². The first-order chi connectivity index (χ1) is 9.46. The van der Waals surface area contributed by atoms with Gasteiger partial charge in [-0.3, -0.25) is 0 Å². The number of methoxy groups -OCH3 is 1. The van der Waals surface area contributed by atoms with Crippen LogP contribution in [0.2, 0.25) is 0 Å². The number of ether oxygens (including phenoxy) is 3. The first-order valence-electron chi connectivity index (χ1n) is 5.67. The first kappa shape index (κ1) is 16.6. The lowest BCUT2D eigenvalue weighted by atomic mass is 10.2. The van der Waals surface area contributed by atoms with Crippen LogP contribution in [0.15, 0.2) is 18.2 Å². The molecule has 0 radical (unpaired) electrons. The lowest BCUT2D eigenvalue weighted by molar-refractivity contribution is 0.110. The quantitative estimate of drug-likeness (QED) is 0.533. The van der Waals surface area contributed by atoms with Crippen LogP contribution >= 0.6 is 10.7 Å². The van der Waals surface area contributed by atoms with Crippen LogP contribution in [0.4, 0.5) is 0 Å². The van der Waals surface area contributed by atoms with Crippen LogP contribution in [0.5, 0.6) is 11.5 Å². The Balaban J connectivity index is 2.37. The molecule has 0 amide bonds. The summed E-state index contributed by atoms with van der Waals surface area (Å²) in [6.45, 7) is 0.458. The van der Waals surface area contributed by atoms with Gasteiger partial charge in [-0.1, -0.05) is 0 Å². The molecule has 0 atom stereocenters. The standard InChI is InChI=1S/C12H14ClNO5S/c1-17-12-8-10(9-14)2-3-11(12)19-5-4-18-6-7-20(13,15)16/h2-3,8H,4-7H2,1H3. The van der Waals surface area contributed by atoms with Gasteiger partial charge in [0.1, 0.15) is 6.61 Å². The molecular formula is C12H14ClNO5S. The van der Waals surface area contributed by atoms with E-state index >= 15 is 0 Å². The van der Waals surface area contributed by atoms with E-state index in [1.54, 1.807) is 18.2 Å². The van der Waals surface area contributed by atoms with Crippen molar-refractivity contribution in [3.63, 3.8) is 0 Å². The minimum Gasteiger partial charge on any atom is -0.493 e. The second-order valence-electron chi connectivity index (χ2n) is 3.68. The van der Waals surface area contributed by atoms with Gasteiger partial charge in [-0.05, 0) is 12.1 Å². The van der Waals surface area contributed by atoms with Gasteiger partial charge in [-0.25, -0.2) is 8.42 Å². The van der Waals surface area contributed by atoms with Crippen LogP contribution in [0.1, 0.15) is 5.56 Å². The molecule has 110 valence electrons. The highest BCUT2D eigenvalue weighted by Gasteiger charge is 2.06. The minimum atomic E-state index is -3.53. The van der Waals surface area contributed by atoms with Crippen molar-refractivity contribution >= 4 is 19.7 Å². The summed E-state index contributed by atoms with van der Waals surface area (Å²) in [6, 6.07) is 6.80. The van der Waals surface area contributed by atoms with Crippen LogP contribution in [0.25, 0.3) is 0 Å². The topological polar surface area (TPSA) is 85.6 Å². The molecule has 0 spiro atoms. The first-order valence-corrected chi connectivity index (χ1v) is 8.15. The second-order valence-corrected chi connectivity index (χ2v) is 6.58. The van der Waals surface area contributed by atoms with Gasteiger partial charge in [-0.2, -0.15) is 5.26 Å². The number of benzene rings is 1. The Morgan fingerprint density at radius 2 is 2.00 bits per heavy atom. The van der Waals surface area contributed by atoms with E-state index in [1.165, 1.54) is 7.11 Å². The molecule has 0 aromatic heterocycles. The molecule has 0 unspecified atom stereocenters. The number of hydrogen-bond acceptors (Lipinski definition) is 6. The number of rotatable bonds is 8. The molecule has 0 fully saturated rings. The molecule has 0 bridgehead atoms. The number of nitrogens with zero attached hydrogens (tertiary/aromatic N) is 1. The summed E-state index contributed by atoms with van der Waals surface area (Å²) >= 11 is 0. The zero-order valence-electron chi connectivity index (χ0n) is 10.8. The van der Waals surface area contributed by atoms with Gasteiger partial charge in [0.05, 0.1) is 37.7 Å². The fourth-order valence-corrected chi connectivity index (χ4v) is 1.83. The van der Waals surface area contributed by atoms with Crippen molar-refractivity contribution in [2.24, 2.45) is 0 Å². The average Bonchev–Trinajstić information content (AvgIpc) is 2.41. The zero-order valence-corrected chi connectivity index (χ0v) is 12.4. The highest BCUT2D eigenvalue weighted by molar-refractivity contribution is 8.13. The summed E-state index contributed by atoms with van der Waals surface area (Å²) in [4.78, 5) is 0. The highest BCUT2D eigenvalue weighted by Crippen LogP contribution is 2.27. The van der Waals surface area contributed by atoms with E-state index in [9.17, 15) is 8.42 Å². The van der Waals surface area contributed by atoms with E-state index in [2.05, 4.69) is 0 Å². The van der Waals surface area contributed by atoms with Crippen molar-refractivity contribution < 1.29 is 22.6 Å². The molecule has 0 aliphatic heterocycles. The molecule has 0 N–H and O–H groups in total. The average molecular weight is 320 g/mol. The molecule has 0 saturated carbocycles. The Kier molecular flexibility index (Phi) is 6.58. The van der Waals surface area contributed by atoms with Gasteiger partial charge in [0.25, 0.3) is 0 Å². The number of nitriles is 1. The summed E-state index contributed by atoms with van der Waals surface area (Å²) < 4.78 is 36.9. The van der Waals surface area contributed by atoms with Gasteiger partial charge in [-0.15, -0.1) is 0 Å². The lowest BCUT2D eigenvalue weighted by Crippen LogP contribution is -2.12. The zero-order chi connectivity index (χ0) is 15.0. The maximum Gasteiger partial charge on any atom is 0.234 e. The highest BCUT2D eigenvalue weighted by atomic mass is 35.7. The summed E-state index contributed by atoms with van der Waals surface area (Å²) in [5.74, 6) is 0.696. The molecule has 8 heteroatoms. The third-order valence-electron chi connectivity index (χ3n) is 2.25. The smallest absolute Gasteiger partial charge is 0.234 e. The van der Waals surface area contributed by atoms with Crippen LogP contribution in [0.3, 0.4) is 0 Å². The lowest BCUT2D eigenvalue weighted by Gasteiger charge is -2.10. The van der Waals surface area contributed by atoms with E-state index in [4.69, 9.17) is 30.2 Å². The van der Waals surface area contributed by atoms with Gasteiger partial charge in [0, 0.05) is 16.7 Å². The normalized spacial score (nSPS) is 10.8. The Morgan fingerprint density at radius 3 is 2.60 bits per heavy atom. The molecule has 1 aromatic carbocycles. The SMILES string of the molecule is COc1cc(C#N)ccc1OCCOCCS(=O)(=O)Cl. The van der Waals surface area contributed by atoms with Gasteiger partial charge >= 0.3 is 0 Å². The van der Waals surface area contributed by atoms with E-state index in [0.717, 1.165) is 0 Å². The number of halogens is 1. The van der Waals surface area contributed by atoms with E-state index in [0.29, 0.717) is 17.1 Å². The van der Waals surface area contributed by atoms with Gasteiger partial charge in [0.2, 0.25) is 9.05 Å². The summed E-state index contributed by atoms with van der Waals surface area (Å²) in [5, 5.41) is 8.76. The molecule has 1 rings (SSSR count). The summed E-state index contributed by atoms with van der Waals surface area (Å²) in [5.41, 5.74) is 0.470. The van der Waals surface area contributed by atoms with Crippen molar-refractivity contribution in [1.82, 2.24) is 0 Å². The van der Waals surface area contributed by atoms with Crippen molar-refractivity contribution in [2.45, 2.75) is 0 Å². The Bertz CT molecular complexity index is 582. The monoisotopic (exact) mass is 319 g/mol. The largest absolute Gasteiger partial charge is 0.493 e. The van der Waals surface area contributed by atoms with Crippen molar-refractivity contribution in [3.05, 3.63) is 23.8 Å². The maximum atomic E-state index is 10.6.